The maximum absolute atomic E-state index is 12.9. The first-order valence-corrected chi connectivity index (χ1v) is 11.2. The molecule has 4 N–H and O–H groups in total. The number of aliphatic carboxylic acids is 1. The molecule has 1 aliphatic rings. The number of ether oxygens (including phenoxy) is 1. The first-order chi connectivity index (χ1) is 16.3. The Kier molecular flexibility index (Phi) is 11.9. The Labute approximate surface area is 202 Å². The molecule has 11 heteroatoms. The van der Waals surface area contributed by atoms with Crippen LogP contribution in [0.5, 0.6) is 0 Å². The van der Waals surface area contributed by atoms with Crippen molar-refractivity contribution in [2.75, 3.05) is 0 Å². The average molecular weight is 503 g/mol. The highest BCUT2D eigenvalue weighted by Gasteiger charge is 2.38. The lowest BCUT2D eigenvalue weighted by Gasteiger charge is -2.31. The van der Waals surface area contributed by atoms with E-state index >= 15 is 0 Å². The van der Waals surface area contributed by atoms with Crippen molar-refractivity contribution in [3.05, 3.63) is 41.5 Å². The molecule has 0 saturated heterocycles. The molecule has 0 heterocycles. The van der Waals surface area contributed by atoms with Crippen LogP contribution in [-0.4, -0.2) is 46.0 Å². The van der Waals surface area contributed by atoms with E-state index in [9.17, 15) is 22.8 Å². The Morgan fingerprint density at radius 2 is 1.69 bits per heavy atom. The molecule has 1 aromatic carbocycles. The molecule has 1 amide bonds. The van der Waals surface area contributed by atoms with Crippen LogP contribution in [0.4, 0.5) is 13.2 Å². The number of carbonyl (C=O) groups excluding carboxylic acids is 2. The predicted molar refractivity (Wildman–Crippen MR) is 122 cm³/mol. The maximum atomic E-state index is 12.9. The fourth-order valence-electron chi connectivity index (χ4n) is 3.58. The number of esters is 1. The zero-order valence-corrected chi connectivity index (χ0v) is 20.0. The molecule has 1 aromatic rings. The topological polar surface area (TPSA) is 125 Å². The molecule has 0 aliphatic heterocycles. The summed E-state index contributed by atoms with van der Waals surface area (Å²) in [5.74, 6) is -3.13. The summed E-state index contributed by atoms with van der Waals surface area (Å²) in [4.78, 5) is 32.8. The van der Waals surface area contributed by atoms with E-state index in [2.05, 4.69) is 19.2 Å². The van der Waals surface area contributed by atoms with Crippen molar-refractivity contribution in [2.45, 2.75) is 77.2 Å². The third kappa shape index (κ3) is 11.4. The fourth-order valence-corrected chi connectivity index (χ4v) is 3.58. The number of benzene rings is 1. The molecule has 196 valence electrons. The van der Waals surface area contributed by atoms with Crippen LogP contribution in [0.25, 0.3) is 6.08 Å². The van der Waals surface area contributed by atoms with Crippen LogP contribution in [0.1, 0.15) is 64.0 Å². The summed E-state index contributed by atoms with van der Waals surface area (Å²) in [5, 5.41) is 19.0. The quantitative estimate of drug-likeness (QED) is 0.172. The SMILES string of the molecule is CC(C)C[C@](C)(NCc1ccc(/C=C/C(=O)NO)cc1)C(=O)OC1CCCC1.O=C(O)C(F)(F)F. The van der Waals surface area contributed by atoms with E-state index in [1.54, 1.807) is 11.6 Å². The van der Waals surface area contributed by atoms with Crippen molar-refractivity contribution in [3.8, 4) is 0 Å². The molecule has 1 fully saturated rings. The summed E-state index contributed by atoms with van der Waals surface area (Å²) in [6, 6.07) is 7.66. The van der Waals surface area contributed by atoms with E-state index in [0.717, 1.165) is 36.8 Å². The van der Waals surface area contributed by atoms with Gasteiger partial charge in [0.1, 0.15) is 11.6 Å². The number of carbonyl (C=O) groups is 3. The van der Waals surface area contributed by atoms with Gasteiger partial charge < -0.3 is 9.84 Å². The number of halogens is 3. The first kappa shape index (κ1) is 30.1. The molecule has 0 unspecified atom stereocenters. The van der Waals surface area contributed by atoms with Gasteiger partial charge in [-0.05, 0) is 62.1 Å². The maximum Gasteiger partial charge on any atom is 0.490 e. The molecule has 0 spiro atoms. The van der Waals surface area contributed by atoms with Crippen LogP contribution >= 0.6 is 0 Å². The zero-order chi connectivity index (χ0) is 26.6. The van der Waals surface area contributed by atoms with Crippen LogP contribution in [0.15, 0.2) is 30.3 Å². The van der Waals surface area contributed by atoms with E-state index in [1.807, 2.05) is 31.2 Å². The number of nitrogens with one attached hydrogen (secondary N) is 2. The fraction of sp³-hybridized carbons (Fsp3) is 0.542. The number of amides is 1. The molecule has 35 heavy (non-hydrogen) atoms. The molecule has 0 bridgehead atoms. The number of hydrogen-bond donors (Lipinski definition) is 4. The lowest BCUT2D eigenvalue weighted by Crippen LogP contribution is -2.51. The summed E-state index contributed by atoms with van der Waals surface area (Å²) in [6.45, 7) is 6.68. The summed E-state index contributed by atoms with van der Waals surface area (Å²) < 4.78 is 37.5. The molecular weight excluding hydrogens is 469 g/mol. The van der Waals surface area contributed by atoms with Gasteiger partial charge in [0.25, 0.3) is 5.91 Å². The Morgan fingerprint density at radius 1 is 1.14 bits per heavy atom. The minimum atomic E-state index is -5.08. The van der Waals surface area contributed by atoms with Gasteiger partial charge in [-0.1, -0.05) is 38.1 Å². The van der Waals surface area contributed by atoms with E-state index in [1.165, 1.54) is 6.08 Å². The Bertz CT molecular complexity index is 865. The van der Waals surface area contributed by atoms with E-state index in [-0.39, 0.29) is 12.1 Å². The van der Waals surface area contributed by atoms with Crippen molar-refractivity contribution < 1.29 is 42.6 Å². The second-order valence-corrected chi connectivity index (χ2v) is 8.95. The van der Waals surface area contributed by atoms with Gasteiger partial charge >= 0.3 is 18.1 Å². The summed E-state index contributed by atoms with van der Waals surface area (Å²) in [5.41, 5.74) is 2.71. The van der Waals surface area contributed by atoms with E-state index < -0.39 is 23.6 Å². The van der Waals surface area contributed by atoms with Crippen molar-refractivity contribution in [2.24, 2.45) is 5.92 Å². The van der Waals surface area contributed by atoms with Gasteiger partial charge in [0.2, 0.25) is 0 Å². The zero-order valence-electron chi connectivity index (χ0n) is 20.0. The normalized spacial score (nSPS) is 15.9. The Morgan fingerprint density at radius 3 is 2.14 bits per heavy atom. The highest BCUT2D eigenvalue weighted by Crippen LogP contribution is 2.25. The standard InChI is InChI=1S/C22H32N2O4.C2HF3O2/c1-16(2)14-22(3,21(26)28-19-6-4-5-7-19)23-15-18-10-8-17(9-11-18)12-13-20(25)24-27;3-2(4,5)1(6)7/h8-13,16,19,23,27H,4-7,14-15H2,1-3H3,(H,24,25);(H,6,7)/b13-12+;/t22-;/m0./s1. The number of hydrogen-bond acceptors (Lipinski definition) is 6. The van der Waals surface area contributed by atoms with Crippen molar-refractivity contribution >= 4 is 23.9 Å². The van der Waals surface area contributed by atoms with Gasteiger partial charge in [0.15, 0.2) is 0 Å². The van der Waals surface area contributed by atoms with Crippen molar-refractivity contribution in [1.82, 2.24) is 10.8 Å². The Hall–Kier alpha value is -2.92. The van der Waals surface area contributed by atoms with Gasteiger partial charge in [-0.25, -0.2) is 10.3 Å². The number of alkyl halides is 3. The van der Waals surface area contributed by atoms with Gasteiger partial charge in [-0.2, -0.15) is 13.2 Å². The lowest BCUT2D eigenvalue weighted by atomic mass is 9.90. The smallest absolute Gasteiger partial charge is 0.475 e. The van der Waals surface area contributed by atoms with Crippen LogP contribution in [0.3, 0.4) is 0 Å². The van der Waals surface area contributed by atoms with Crippen LogP contribution in [0.2, 0.25) is 0 Å². The number of rotatable bonds is 9. The predicted octanol–water partition coefficient (Wildman–Crippen LogP) is 4.22. The number of carboxylic acid groups (broad SMARTS) is 1. The van der Waals surface area contributed by atoms with Gasteiger partial charge in [-0.15, -0.1) is 0 Å². The monoisotopic (exact) mass is 502 g/mol. The van der Waals surface area contributed by atoms with Gasteiger partial charge in [0, 0.05) is 12.6 Å². The molecule has 0 aromatic heterocycles. The van der Waals surface area contributed by atoms with Crippen LogP contribution in [-0.2, 0) is 25.7 Å². The molecular formula is C24H33F3N2O6. The van der Waals surface area contributed by atoms with Gasteiger partial charge in [-0.3, -0.25) is 20.1 Å². The van der Waals surface area contributed by atoms with Crippen LogP contribution in [0, 0.1) is 5.92 Å². The number of hydroxylamine groups is 1. The lowest BCUT2D eigenvalue weighted by molar-refractivity contribution is -0.192. The van der Waals surface area contributed by atoms with Gasteiger partial charge in [0.05, 0.1) is 0 Å². The van der Waals surface area contributed by atoms with Crippen molar-refractivity contribution in [1.29, 1.82) is 0 Å². The van der Waals surface area contributed by atoms with Crippen LogP contribution < -0.4 is 10.8 Å². The van der Waals surface area contributed by atoms with E-state index in [0.29, 0.717) is 18.9 Å². The molecule has 1 atom stereocenters. The second-order valence-electron chi connectivity index (χ2n) is 8.95. The highest BCUT2D eigenvalue weighted by atomic mass is 19.4. The van der Waals surface area contributed by atoms with E-state index in [4.69, 9.17) is 19.8 Å². The third-order valence-corrected chi connectivity index (χ3v) is 5.29. The number of carboxylic acids is 1. The third-order valence-electron chi connectivity index (χ3n) is 5.29. The minimum Gasteiger partial charge on any atom is -0.475 e. The highest BCUT2D eigenvalue weighted by molar-refractivity contribution is 5.90. The second kappa shape index (κ2) is 13.8. The first-order valence-electron chi connectivity index (χ1n) is 11.2. The molecule has 0 radical (unpaired) electrons. The average Bonchev–Trinajstić information content (AvgIpc) is 3.29. The molecule has 2 rings (SSSR count). The van der Waals surface area contributed by atoms with Crippen molar-refractivity contribution in [3.63, 3.8) is 0 Å². The molecule has 1 saturated carbocycles. The summed E-state index contributed by atoms with van der Waals surface area (Å²) >= 11 is 0. The minimum absolute atomic E-state index is 0.0583. The Balaban J connectivity index is 0.000000762. The summed E-state index contributed by atoms with van der Waals surface area (Å²) in [6.07, 6.45) is 2.74. The molecule has 1 aliphatic carbocycles. The largest absolute Gasteiger partial charge is 0.490 e. The molecule has 8 nitrogen and oxygen atoms in total. The summed E-state index contributed by atoms with van der Waals surface area (Å²) in [7, 11) is 0.